The summed E-state index contributed by atoms with van der Waals surface area (Å²) in [4.78, 5) is 60.1. The molecule has 2 rings (SSSR count). The Hall–Kier alpha value is -3.69. The minimum absolute atomic E-state index is 0.0371. The summed E-state index contributed by atoms with van der Waals surface area (Å²) >= 11 is 0. The van der Waals surface area contributed by atoms with Gasteiger partial charge in [-0.15, -0.1) is 0 Å². The van der Waals surface area contributed by atoms with Crippen molar-refractivity contribution < 1.29 is 33.4 Å². The van der Waals surface area contributed by atoms with Gasteiger partial charge in [-0.25, -0.2) is 4.79 Å². The van der Waals surface area contributed by atoms with E-state index < -0.39 is 24.0 Å². The van der Waals surface area contributed by atoms with Crippen LogP contribution in [0.1, 0.15) is 24.8 Å². The molecular formula is C21H25N3O7. The number of methoxy groups -OCH3 is 1. The first-order chi connectivity index (χ1) is 14.9. The first kappa shape index (κ1) is 23.6. The average Bonchev–Trinajstić information content (AvgIpc) is 3.10. The molecule has 0 aromatic heterocycles. The van der Waals surface area contributed by atoms with Crippen molar-refractivity contribution in [3.8, 4) is 0 Å². The highest BCUT2D eigenvalue weighted by Crippen LogP contribution is 2.09. The number of ether oxygens (including phenoxy) is 2. The lowest BCUT2D eigenvalue weighted by atomic mass is 10.1. The quantitative estimate of drug-likeness (QED) is 0.299. The van der Waals surface area contributed by atoms with Crippen LogP contribution in [0.2, 0.25) is 0 Å². The van der Waals surface area contributed by atoms with Gasteiger partial charge < -0.3 is 20.1 Å². The van der Waals surface area contributed by atoms with E-state index in [0.29, 0.717) is 12.8 Å². The Labute approximate surface area is 179 Å². The highest BCUT2D eigenvalue weighted by atomic mass is 16.5. The number of hydrogen-bond acceptors (Lipinski definition) is 7. The van der Waals surface area contributed by atoms with Crippen LogP contribution in [0.4, 0.5) is 4.79 Å². The molecule has 0 saturated carbocycles. The van der Waals surface area contributed by atoms with Crippen molar-refractivity contribution in [3.63, 3.8) is 0 Å². The monoisotopic (exact) mass is 431 g/mol. The molecule has 10 heteroatoms. The van der Waals surface area contributed by atoms with Gasteiger partial charge in [0.15, 0.2) is 0 Å². The van der Waals surface area contributed by atoms with Gasteiger partial charge in [-0.2, -0.15) is 0 Å². The number of carbonyl (C=O) groups is 5. The van der Waals surface area contributed by atoms with Crippen LogP contribution in [0.3, 0.4) is 0 Å². The van der Waals surface area contributed by atoms with Gasteiger partial charge in [0.2, 0.25) is 5.91 Å². The Morgan fingerprint density at radius 1 is 1.03 bits per heavy atom. The largest absolute Gasteiger partial charge is 0.468 e. The van der Waals surface area contributed by atoms with E-state index >= 15 is 0 Å². The molecule has 1 atom stereocenters. The third-order valence-electron chi connectivity index (χ3n) is 4.48. The summed E-state index contributed by atoms with van der Waals surface area (Å²) in [5.74, 6) is -1.95. The summed E-state index contributed by atoms with van der Waals surface area (Å²) in [5.41, 5.74) is 0.790. The first-order valence-corrected chi connectivity index (χ1v) is 9.76. The topological polar surface area (TPSA) is 131 Å². The molecule has 0 saturated heterocycles. The van der Waals surface area contributed by atoms with Crippen molar-refractivity contribution in [2.45, 2.75) is 31.9 Å². The molecule has 4 amide bonds. The minimum atomic E-state index is -0.962. The van der Waals surface area contributed by atoms with Crippen molar-refractivity contribution in [1.82, 2.24) is 15.5 Å². The predicted molar refractivity (Wildman–Crippen MR) is 108 cm³/mol. The lowest BCUT2D eigenvalue weighted by molar-refractivity contribution is -0.141. The summed E-state index contributed by atoms with van der Waals surface area (Å²) in [6.45, 7) is -0.0933. The SMILES string of the molecule is COC(=O)CNC(=O)[C@H](CCCCN1C(=O)C=CC1=O)NC(=O)OCc1ccccc1. The third-order valence-corrected chi connectivity index (χ3v) is 4.48. The van der Waals surface area contributed by atoms with Crippen LogP contribution in [0, 0.1) is 0 Å². The number of esters is 1. The fourth-order valence-electron chi connectivity index (χ4n) is 2.80. The van der Waals surface area contributed by atoms with E-state index in [4.69, 9.17) is 4.74 Å². The smallest absolute Gasteiger partial charge is 0.408 e. The molecule has 0 aliphatic carbocycles. The molecule has 1 aliphatic heterocycles. The molecular weight excluding hydrogens is 406 g/mol. The molecule has 0 bridgehead atoms. The van der Waals surface area contributed by atoms with Crippen LogP contribution in [0.25, 0.3) is 0 Å². The van der Waals surface area contributed by atoms with Crippen molar-refractivity contribution in [2.24, 2.45) is 0 Å². The van der Waals surface area contributed by atoms with Gasteiger partial charge in [0.1, 0.15) is 19.2 Å². The van der Waals surface area contributed by atoms with Gasteiger partial charge in [0, 0.05) is 18.7 Å². The predicted octanol–water partition coefficient (Wildman–Crippen LogP) is 0.666. The maximum Gasteiger partial charge on any atom is 0.408 e. The number of amides is 4. The van der Waals surface area contributed by atoms with E-state index in [1.807, 2.05) is 18.2 Å². The Morgan fingerprint density at radius 2 is 1.71 bits per heavy atom. The zero-order valence-electron chi connectivity index (χ0n) is 17.2. The zero-order chi connectivity index (χ0) is 22.6. The standard InChI is InChI=1S/C21H25N3O7/c1-30-19(27)13-22-20(28)16(9-5-6-12-24-17(25)10-11-18(24)26)23-21(29)31-14-15-7-3-2-4-8-15/h2-4,7-8,10-11,16H,5-6,9,12-14H2,1H3,(H,22,28)(H,23,29)/t16-/m0/s1. The average molecular weight is 431 g/mol. The summed E-state index contributed by atoms with van der Waals surface area (Å²) in [6, 6.07) is 8.09. The number of carbonyl (C=O) groups excluding carboxylic acids is 5. The summed E-state index contributed by atoms with van der Waals surface area (Å²) in [5, 5.41) is 4.89. The molecule has 0 unspecified atom stereocenters. The van der Waals surface area contributed by atoms with Crippen molar-refractivity contribution in [2.75, 3.05) is 20.2 Å². The lowest BCUT2D eigenvalue weighted by Gasteiger charge is -2.19. The van der Waals surface area contributed by atoms with Crippen molar-refractivity contribution in [1.29, 1.82) is 0 Å². The van der Waals surface area contributed by atoms with Gasteiger partial charge in [0.05, 0.1) is 7.11 Å². The van der Waals surface area contributed by atoms with Gasteiger partial charge >= 0.3 is 12.1 Å². The second-order valence-corrected chi connectivity index (χ2v) is 6.71. The van der Waals surface area contributed by atoms with E-state index in [2.05, 4.69) is 15.4 Å². The van der Waals surface area contributed by atoms with Gasteiger partial charge in [0.25, 0.3) is 11.8 Å². The molecule has 0 fully saturated rings. The number of imide groups is 1. The summed E-state index contributed by atoms with van der Waals surface area (Å²) < 4.78 is 9.63. The highest BCUT2D eigenvalue weighted by Gasteiger charge is 2.24. The Balaban J connectivity index is 1.84. The Kier molecular flexibility index (Phi) is 9.21. The van der Waals surface area contributed by atoms with E-state index in [-0.39, 0.29) is 37.9 Å². The molecule has 10 nitrogen and oxygen atoms in total. The molecule has 166 valence electrons. The minimum Gasteiger partial charge on any atom is -0.468 e. The molecule has 1 heterocycles. The Morgan fingerprint density at radius 3 is 2.35 bits per heavy atom. The van der Waals surface area contributed by atoms with Crippen LogP contribution >= 0.6 is 0 Å². The number of unbranched alkanes of at least 4 members (excludes halogenated alkanes) is 1. The van der Waals surface area contributed by atoms with E-state index in [0.717, 1.165) is 10.5 Å². The number of nitrogens with one attached hydrogen (secondary N) is 2. The van der Waals surface area contributed by atoms with Crippen molar-refractivity contribution >= 4 is 29.8 Å². The Bertz CT molecular complexity index is 821. The third kappa shape index (κ3) is 7.92. The summed E-state index contributed by atoms with van der Waals surface area (Å²) in [6.07, 6.45) is 2.73. The molecule has 0 radical (unpaired) electrons. The first-order valence-electron chi connectivity index (χ1n) is 9.76. The number of alkyl carbamates (subject to hydrolysis) is 1. The van der Waals surface area contributed by atoms with E-state index in [9.17, 15) is 24.0 Å². The van der Waals surface area contributed by atoms with Crippen LogP contribution in [-0.2, 0) is 35.3 Å². The zero-order valence-corrected chi connectivity index (χ0v) is 17.2. The van der Waals surface area contributed by atoms with Crippen LogP contribution in [0.5, 0.6) is 0 Å². The number of hydrogen-bond donors (Lipinski definition) is 2. The second kappa shape index (κ2) is 12.1. The number of rotatable bonds is 11. The number of benzene rings is 1. The van der Waals surface area contributed by atoms with Crippen LogP contribution in [0.15, 0.2) is 42.5 Å². The molecule has 0 spiro atoms. The maximum atomic E-state index is 12.4. The number of nitrogens with zero attached hydrogens (tertiary/aromatic N) is 1. The van der Waals surface area contributed by atoms with Crippen LogP contribution in [-0.4, -0.2) is 60.9 Å². The summed E-state index contributed by atoms with van der Waals surface area (Å²) in [7, 11) is 1.20. The highest BCUT2D eigenvalue weighted by molar-refractivity contribution is 6.12. The molecule has 1 aromatic carbocycles. The van der Waals surface area contributed by atoms with Crippen LogP contribution < -0.4 is 10.6 Å². The van der Waals surface area contributed by atoms with E-state index in [1.165, 1.54) is 19.3 Å². The fraction of sp³-hybridized carbons (Fsp3) is 0.381. The molecule has 31 heavy (non-hydrogen) atoms. The second-order valence-electron chi connectivity index (χ2n) is 6.71. The molecule has 1 aromatic rings. The van der Waals surface area contributed by atoms with Gasteiger partial charge in [-0.3, -0.25) is 24.1 Å². The van der Waals surface area contributed by atoms with Crippen molar-refractivity contribution in [3.05, 3.63) is 48.0 Å². The van der Waals surface area contributed by atoms with Gasteiger partial charge in [-0.1, -0.05) is 30.3 Å². The normalized spacial score (nSPS) is 13.6. The van der Waals surface area contributed by atoms with Gasteiger partial charge in [-0.05, 0) is 24.8 Å². The fourth-order valence-corrected chi connectivity index (χ4v) is 2.80. The lowest BCUT2D eigenvalue weighted by Crippen LogP contribution is -2.48. The van der Waals surface area contributed by atoms with E-state index in [1.54, 1.807) is 12.1 Å². The molecule has 1 aliphatic rings. The molecule has 2 N–H and O–H groups in total. The maximum absolute atomic E-state index is 12.4.